The van der Waals surface area contributed by atoms with Crippen molar-refractivity contribution >= 4 is 39.1 Å². The van der Waals surface area contributed by atoms with Crippen LogP contribution in [-0.2, 0) is 11.3 Å². The van der Waals surface area contributed by atoms with Crippen molar-refractivity contribution in [2.24, 2.45) is 0 Å². The lowest BCUT2D eigenvalue weighted by atomic mass is 10.2. The Kier molecular flexibility index (Phi) is 4.73. The molecule has 1 aromatic heterocycles. The van der Waals surface area contributed by atoms with Crippen molar-refractivity contribution < 1.29 is 9.13 Å². The predicted molar refractivity (Wildman–Crippen MR) is 75.9 cm³/mol. The molecule has 100 valence electrons. The minimum Gasteiger partial charge on any atom is -0.378 e. The van der Waals surface area contributed by atoms with E-state index in [-0.39, 0.29) is 16.8 Å². The quantitative estimate of drug-likeness (QED) is 0.751. The highest BCUT2D eigenvalue weighted by Crippen LogP contribution is 2.31. The molecule has 1 aromatic carbocycles. The van der Waals surface area contributed by atoms with Gasteiger partial charge in [-0.25, -0.2) is 14.4 Å². The zero-order valence-corrected chi connectivity index (χ0v) is 12.9. The fourth-order valence-electron chi connectivity index (χ4n) is 1.49. The molecule has 3 nitrogen and oxygen atoms in total. The summed E-state index contributed by atoms with van der Waals surface area (Å²) in [6.07, 6.45) is 0. The molecular weight excluding hydrogens is 358 g/mol. The molecule has 0 radical (unpaired) electrons. The fraction of sp³-hybridized carbons (Fsp3) is 0.167. The Balaban J connectivity index is 2.56. The molecule has 0 amide bonds. The van der Waals surface area contributed by atoms with Crippen LogP contribution in [-0.4, -0.2) is 17.1 Å². The van der Waals surface area contributed by atoms with Gasteiger partial charge in [-0.1, -0.05) is 23.2 Å². The van der Waals surface area contributed by atoms with Crippen molar-refractivity contribution in [1.82, 2.24) is 9.97 Å². The van der Waals surface area contributed by atoms with E-state index in [9.17, 15) is 4.39 Å². The molecule has 0 atom stereocenters. The second kappa shape index (κ2) is 6.13. The Morgan fingerprint density at radius 1 is 1.32 bits per heavy atom. The minimum absolute atomic E-state index is 0.224. The lowest BCUT2D eigenvalue weighted by Gasteiger charge is -2.08. The molecule has 1 heterocycles. The average Bonchev–Trinajstić information content (AvgIpc) is 2.35. The van der Waals surface area contributed by atoms with Crippen molar-refractivity contribution in [3.8, 4) is 11.4 Å². The molecule has 0 aliphatic heterocycles. The molecule has 19 heavy (non-hydrogen) atoms. The van der Waals surface area contributed by atoms with Gasteiger partial charge in [-0.05, 0) is 34.1 Å². The van der Waals surface area contributed by atoms with E-state index in [1.54, 1.807) is 7.11 Å². The second-order valence-electron chi connectivity index (χ2n) is 3.66. The molecule has 0 bridgehead atoms. The van der Waals surface area contributed by atoms with E-state index in [1.165, 1.54) is 18.2 Å². The van der Waals surface area contributed by atoms with Gasteiger partial charge in [-0.3, -0.25) is 0 Å². The van der Waals surface area contributed by atoms with E-state index in [0.29, 0.717) is 21.6 Å². The van der Waals surface area contributed by atoms with Crippen molar-refractivity contribution in [3.05, 3.63) is 44.4 Å². The molecule has 0 fully saturated rings. The zero-order chi connectivity index (χ0) is 14.0. The summed E-state index contributed by atoms with van der Waals surface area (Å²) in [7, 11) is 1.55. The first-order chi connectivity index (χ1) is 9.02. The van der Waals surface area contributed by atoms with E-state index in [1.807, 2.05) is 0 Å². The fourth-order valence-corrected chi connectivity index (χ4v) is 2.22. The van der Waals surface area contributed by atoms with Crippen LogP contribution in [0.2, 0.25) is 10.2 Å². The predicted octanol–water partition coefficient (Wildman–Crippen LogP) is 4.50. The van der Waals surface area contributed by atoms with E-state index in [4.69, 9.17) is 27.9 Å². The van der Waals surface area contributed by atoms with Crippen LogP contribution in [0.15, 0.2) is 22.7 Å². The second-order valence-corrected chi connectivity index (χ2v) is 5.21. The SMILES string of the molecule is COCc1nc(-c2ccc(F)cc2Cl)nc(Cl)c1Br. The summed E-state index contributed by atoms with van der Waals surface area (Å²) in [5, 5.41) is 0.471. The molecule has 0 saturated heterocycles. The van der Waals surface area contributed by atoms with E-state index >= 15 is 0 Å². The smallest absolute Gasteiger partial charge is 0.162 e. The van der Waals surface area contributed by atoms with E-state index < -0.39 is 5.82 Å². The number of aromatic nitrogens is 2. The van der Waals surface area contributed by atoms with Crippen LogP contribution < -0.4 is 0 Å². The molecule has 2 aromatic rings. The highest BCUT2D eigenvalue weighted by molar-refractivity contribution is 9.10. The van der Waals surface area contributed by atoms with Gasteiger partial charge in [0.2, 0.25) is 0 Å². The van der Waals surface area contributed by atoms with Crippen molar-refractivity contribution in [3.63, 3.8) is 0 Å². The lowest BCUT2D eigenvalue weighted by Crippen LogP contribution is -2.00. The van der Waals surface area contributed by atoms with Gasteiger partial charge in [0.25, 0.3) is 0 Å². The highest BCUT2D eigenvalue weighted by atomic mass is 79.9. The van der Waals surface area contributed by atoms with Crippen molar-refractivity contribution in [2.45, 2.75) is 6.61 Å². The Bertz CT molecular complexity index is 625. The van der Waals surface area contributed by atoms with Gasteiger partial charge >= 0.3 is 0 Å². The van der Waals surface area contributed by atoms with Crippen LogP contribution in [0.5, 0.6) is 0 Å². The monoisotopic (exact) mass is 364 g/mol. The van der Waals surface area contributed by atoms with Gasteiger partial charge in [0.15, 0.2) is 5.82 Å². The molecular formula is C12H8BrCl2FN2O. The number of benzene rings is 1. The Morgan fingerprint density at radius 3 is 2.68 bits per heavy atom. The van der Waals surface area contributed by atoms with Crippen LogP contribution in [0, 0.1) is 5.82 Å². The zero-order valence-electron chi connectivity index (χ0n) is 9.75. The molecule has 0 N–H and O–H groups in total. The van der Waals surface area contributed by atoms with Gasteiger partial charge in [0, 0.05) is 12.7 Å². The first-order valence-corrected chi connectivity index (χ1v) is 6.74. The van der Waals surface area contributed by atoms with Crippen LogP contribution >= 0.6 is 39.1 Å². The van der Waals surface area contributed by atoms with Crippen LogP contribution in [0.1, 0.15) is 5.69 Å². The summed E-state index contributed by atoms with van der Waals surface area (Å²) >= 11 is 15.3. The molecule has 0 unspecified atom stereocenters. The number of methoxy groups -OCH3 is 1. The highest BCUT2D eigenvalue weighted by Gasteiger charge is 2.14. The third-order valence-electron chi connectivity index (χ3n) is 2.33. The van der Waals surface area contributed by atoms with Gasteiger partial charge in [0.1, 0.15) is 11.0 Å². The van der Waals surface area contributed by atoms with Gasteiger partial charge in [-0.15, -0.1) is 0 Å². The Labute approximate surface area is 127 Å². The summed E-state index contributed by atoms with van der Waals surface area (Å²) < 4.78 is 18.6. The summed E-state index contributed by atoms with van der Waals surface area (Å²) in [6.45, 7) is 0.272. The summed E-state index contributed by atoms with van der Waals surface area (Å²) in [5.74, 6) is -0.0978. The molecule has 0 saturated carbocycles. The van der Waals surface area contributed by atoms with Gasteiger partial charge in [-0.2, -0.15) is 0 Å². The summed E-state index contributed by atoms with van der Waals surface area (Å²) in [5.41, 5.74) is 1.10. The van der Waals surface area contributed by atoms with Crippen molar-refractivity contribution in [2.75, 3.05) is 7.11 Å². The summed E-state index contributed by atoms with van der Waals surface area (Å²) in [6, 6.07) is 4.00. The average molecular weight is 366 g/mol. The van der Waals surface area contributed by atoms with Crippen LogP contribution in [0.4, 0.5) is 4.39 Å². The minimum atomic E-state index is -0.422. The maximum atomic E-state index is 13.0. The number of rotatable bonds is 3. The number of ether oxygens (including phenoxy) is 1. The topological polar surface area (TPSA) is 35.0 Å². The standard InChI is InChI=1S/C12H8BrCl2FN2O/c1-19-5-9-10(13)11(15)18-12(17-9)7-3-2-6(16)4-8(7)14/h2-4H,5H2,1H3. The third kappa shape index (κ3) is 3.23. The number of halogens is 4. The third-order valence-corrected chi connectivity index (χ3v) is 3.98. The maximum absolute atomic E-state index is 13.0. The number of hydrogen-bond acceptors (Lipinski definition) is 3. The molecule has 7 heteroatoms. The van der Waals surface area contributed by atoms with Crippen molar-refractivity contribution in [1.29, 1.82) is 0 Å². The molecule has 0 aliphatic rings. The van der Waals surface area contributed by atoms with Gasteiger partial charge in [0.05, 0.1) is 21.8 Å². The lowest BCUT2D eigenvalue weighted by molar-refractivity contribution is 0.181. The Hall–Kier alpha value is -0.750. The largest absolute Gasteiger partial charge is 0.378 e. The van der Waals surface area contributed by atoms with E-state index in [0.717, 1.165) is 0 Å². The molecule has 0 spiro atoms. The van der Waals surface area contributed by atoms with E-state index in [2.05, 4.69) is 25.9 Å². The molecule has 0 aliphatic carbocycles. The first kappa shape index (κ1) is 14.7. The van der Waals surface area contributed by atoms with Crippen LogP contribution in [0.25, 0.3) is 11.4 Å². The maximum Gasteiger partial charge on any atom is 0.162 e. The molecule has 2 rings (SSSR count). The van der Waals surface area contributed by atoms with Gasteiger partial charge < -0.3 is 4.74 Å². The number of hydrogen-bond donors (Lipinski definition) is 0. The Morgan fingerprint density at radius 2 is 2.05 bits per heavy atom. The normalized spacial score (nSPS) is 10.8. The first-order valence-electron chi connectivity index (χ1n) is 5.19. The summed E-state index contributed by atoms with van der Waals surface area (Å²) in [4.78, 5) is 8.43. The number of nitrogens with zero attached hydrogens (tertiary/aromatic N) is 2. The van der Waals surface area contributed by atoms with Crippen LogP contribution in [0.3, 0.4) is 0 Å².